The van der Waals surface area contributed by atoms with Crippen molar-refractivity contribution in [1.82, 2.24) is 4.90 Å². The van der Waals surface area contributed by atoms with E-state index in [2.05, 4.69) is 18.9 Å². The highest BCUT2D eigenvalue weighted by Gasteiger charge is 2.36. The molecule has 1 aromatic carbocycles. The molecule has 0 aromatic heterocycles. The fourth-order valence-electron chi connectivity index (χ4n) is 3.64. The highest BCUT2D eigenvalue weighted by Crippen LogP contribution is 2.26. The van der Waals surface area contributed by atoms with Crippen LogP contribution in [0.4, 0.5) is 5.69 Å². The molecule has 0 saturated carbocycles. The fraction of sp³-hybridized carbons (Fsp3) is 0.650. The summed E-state index contributed by atoms with van der Waals surface area (Å²) in [5.74, 6) is 0.0894. The molecule has 25 heavy (non-hydrogen) atoms. The number of carbonyl (C=O) groups is 1. The van der Waals surface area contributed by atoms with Crippen LogP contribution in [-0.4, -0.2) is 56.5 Å². The molecule has 1 amide bonds. The Kier molecular flexibility index (Phi) is 6.32. The second-order valence-corrected chi connectivity index (χ2v) is 6.99. The third kappa shape index (κ3) is 4.33. The molecule has 0 N–H and O–H groups in total. The lowest BCUT2D eigenvalue weighted by Gasteiger charge is -2.38. The second-order valence-electron chi connectivity index (χ2n) is 6.99. The molecule has 0 bridgehead atoms. The van der Waals surface area contributed by atoms with Gasteiger partial charge in [-0.3, -0.25) is 4.79 Å². The summed E-state index contributed by atoms with van der Waals surface area (Å²) in [7, 11) is 2.10. The minimum atomic E-state index is -0.260. The molecule has 5 nitrogen and oxygen atoms in total. The first kappa shape index (κ1) is 18.2. The lowest BCUT2D eigenvalue weighted by Crippen LogP contribution is -2.50. The Morgan fingerprint density at radius 1 is 1.20 bits per heavy atom. The van der Waals surface area contributed by atoms with Crippen LogP contribution in [0.3, 0.4) is 0 Å². The maximum atomic E-state index is 13.0. The number of hydrogen-bond donors (Lipinski definition) is 0. The molecule has 0 spiro atoms. The number of amides is 1. The van der Waals surface area contributed by atoms with E-state index in [0.717, 1.165) is 43.6 Å². The molecule has 0 radical (unpaired) electrons. The van der Waals surface area contributed by atoms with Crippen molar-refractivity contribution in [2.45, 2.75) is 51.4 Å². The Morgan fingerprint density at radius 2 is 1.92 bits per heavy atom. The zero-order chi connectivity index (χ0) is 17.6. The van der Waals surface area contributed by atoms with Gasteiger partial charge in [-0.15, -0.1) is 0 Å². The summed E-state index contributed by atoms with van der Waals surface area (Å²) in [6, 6.07) is 8.02. The van der Waals surface area contributed by atoms with Crippen LogP contribution < -0.4 is 4.90 Å². The third-order valence-electron chi connectivity index (χ3n) is 5.17. The molecule has 2 saturated heterocycles. The molecule has 1 atom stereocenters. The van der Waals surface area contributed by atoms with Gasteiger partial charge in [-0.05, 0) is 49.9 Å². The summed E-state index contributed by atoms with van der Waals surface area (Å²) in [6.45, 7) is 5.27. The number of carbonyl (C=O) groups excluding carboxylic acids is 1. The summed E-state index contributed by atoms with van der Waals surface area (Å²) < 4.78 is 11.3. The molecule has 0 aliphatic carbocycles. The summed E-state index contributed by atoms with van der Waals surface area (Å²) in [5.41, 5.74) is 1.90. The van der Waals surface area contributed by atoms with Crippen LogP contribution >= 0.6 is 0 Å². The topological polar surface area (TPSA) is 42.0 Å². The van der Waals surface area contributed by atoms with E-state index >= 15 is 0 Å². The number of anilines is 1. The van der Waals surface area contributed by atoms with Crippen LogP contribution in [-0.2, 0) is 9.47 Å². The van der Waals surface area contributed by atoms with Gasteiger partial charge in [-0.1, -0.05) is 13.3 Å². The number of unbranched alkanes of at least 4 members (excludes halogenated alkanes) is 1. The van der Waals surface area contributed by atoms with Crippen molar-refractivity contribution in [3.05, 3.63) is 29.8 Å². The van der Waals surface area contributed by atoms with Gasteiger partial charge >= 0.3 is 0 Å². The predicted octanol–water partition coefficient (Wildman–Crippen LogP) is 3.29. The van der Waals surface area contributed by atoms with Crippen LogP contribution in [0, 0.1) is 0 Å². The standard InChI is InChI=1S/C20H30N2O3/c1-3-4-12-21(2)17-10-8-16(9-11-17)19(23)22-13-6-5-7-18(22)20-24-14-15-25-20/h8-11,18,20H,3-7,12-15H2,1-2H3. The first-order valence-electron chi connectivity index (χ1n) is 9.56. The maximum absolute atomic E-state index is 13.0. The van der Waals surface area contributed by atoms with Crippen LogP contribution in [0.5, 0.6) is 0 Å². The van der Waals surface area contributed by atoms with Crippen LogP contribution in [0.25, 0.3) is 0 Å². The molecule has 138 valence electrons. The Bertz CT molecular complexity index is 555. The van der Waals surface area contributed by atoms with E-state index in [9.17, 15) is 4.79 Å². The lowest BCUT2D eigenvalue weighted by molar-refractivity contribution is -0.100. The van der Waals surface area contributed by atoms with Gasteiger partial charge in [0.05, 0.1) is 19.3 Å². The van der Waals surface area contributed by atoms with E-state index < -0.39 is 0 Å². The van der Waals surface area contributed by atoms with Gasteiger partial charge in [0.25, 0.3) is 5.91 Å². The number of hydrogen-bond acceptors (Lipinski definition) is 4. The second kappa shape index (κ2) is 8.68. The molecule has 1 unspecified atom stereocenters. The van der Waals surface area contributed by atoms with Crippen LogP contribution in [0.2, 0.25) is 0 Å². The maximum Gasteiger partial charge on any atom is 0.254 e. The van der Waals surface area contributed by atoms with Crippen molar-refractivity contribution in [1.29, 1.82) is 0 Å². The highest BCUT2D eigenvalue weighted by atomic mass is 16.7. The van der Waals surface area contributed by atoms with E-state index in [-0.39, 0.29) is 18.2 Å². The van der Waals surface area contributed by atoms with E-state index in [0.29, 0.717) is 13.2 Å². The zero-order valence-corrected chi connectivity index (χ0v) is 15.4. The minimum absolute atomic E-state index is 0.0376. The van der Waals surface area contributed by atoms with E-state index in [1.165, 1.54) is 12.8 Å². The van der Waals surface area contributed by atoms with E-state index in [1.54, 1.807) is 0 Å². The first-order chi connectivity index (χ1) is 12.2. The van der Waals surface area contributed by atoms with Crippen molar-refractivity contribution >= 4 is 11.6 Å². The average molecular weight is 346 g/mol. The van der Waals surface area contributed by atoms with Crippen molar-refractivity contribution in [2.24, 2.45) is 0 Å². The molecule has 3 rings (SSSR count). The van der Waals surface area contributed by atoms with Crippen molar-refractivity contribution in [2.75, 3.05) is 38.3 Å². The highest BCUT2D eigenvalue weighted by molar-refractivity contribution is 5.94. The molecule has 2 fully saturated rings. The predicted molar refractivity (Wildman–Crippen MR) is 99.0 cm³/mol. The van der Waals surface area contributed by atoms with Crippen molar-refractivity contribution in [3.8, 4) is 0 Å². The summed E-state index contributed by atoms with van der Waals surface area (Å²) >= 11 is 0. The molecule has 1 aromatic rings. The molecular weight excluding hydrogens is 316 g/mol. The first-order valence-corrected chi connectivity index (χ1v) is 9.56. The smallest absolute Gasteiger partial charge is 0.254 e. The fourth-order valence-corrected chi connectivity index (χ4v) is 3.64. The molecular formula is C20H30N2O3. The Labute approximate surface area is 150 Å². The zero-order valence-electron chi connectivity index (χ0n) is 15.4. The van der Waals surface area contributed by atoms with Gasteiger partial charge in [0.2, 0.25) is 0 Å². The summed E-state index contributed by atoms with van der Waals surface area (Å²) in [4.78, 5) is 17.2. The van der Waals surface area contributed by atoms with Crippen LogP contribution in [0.15, 0.2) is 24.3 Å². The van der Waals surface area contributed by atoms with Gasteiger partial charge in [-0.25, -0.2) is 0 Å². The third-order valence-corrected chi connectivity index (χ3v) is 5.17. The largest absolute Gasteiger partial charge is 0.375 e. The normalized spacial score (nSPS) is 21.5. The SMILES string of the molecule is CCCCN(C)c1ccc(C(=O)N2CCCCC2C2OCCO2)cc1. The Hall–Kier alpha value is -1.59. The van der Waals surface area contributed by atoms with Crippen molar-refractivity contribution < 1.29 is 14.3 Å². The van der Waals surface area contributed by atoms with Gasteiger partial charge in [-0.2, -0.15) is 0 Å². The molecule has 5 heteroatoms. The van der Waals surface area contributed by atoms with E-state index in [1.807, 2.05) is 29.2 Å². The van der Waals surface area contributed by atoms with Crippen molar-refractivity contribution in [3.63, 3.8) is 0 Å². The van der Waals surface area contributed by atoms with E-state index in [4.69, 9.17) is 9.47 Å². The monoisotopic (exact) mass is 346 g/mol. The Morgan fingerprint density at radius 3 is 2.60 bits per heavy atom. The minimum Gasteiger partial charge on any atom is -0.375 e. The molecule has 2 aliphatic heterocycles. The summed E-state index contributed by atoms with van der Waals surface area (Å²) in [6.07, 6.45) is 5.22. The van der Waals surface area contributed by atoms with Gasteiger partial charge in [0.1, 0.15) is 0 Å². The Balaban J connectivity index is 1.68. The number of likely N-dealkylation sites (tertiary alicyclic amines) is 1. The summed E-state index contributed by atoms with van der Waals surface area (Å²) in [5, 5.41) is 0. The average Bonchev–Trinajstić information content (AvgIpc) is 3.20. The van der Waals surface area contributed by atoms with Gasteiger partial charge in [0, 0.05) is 31.4 Å². The number of nitrogens with zero attached hydrogens (tertiary/aromatic N) is 2. The number of rotatable bonds is 6. The quantitative estimate of drug-likeness (QED) is 0.793. The number of ether oxygens (including phenoxy) is 2. The molecule has 2 aliphatic rings. The van der Waals surface area contributed by atoms with Gasteiger partial charge in [0.15, 0.2) is 6.29 Å². The lowest BCUT2D eigenvalue weighted by atomic mass is 10.00. The number of benzene rings is 1. The molecule has 2 heterocycles. The van der Waals surface area contributed by atoms with Gasteiger partial charge < -0.3 is 19.3 Å². The van der Waals surface area contributed by atoms with Crippen LogP contribution in [0.1, 0.15) is 49.4 Å². The number of piperidine rings is 1.